The van der Waals surface area contributed by atoms with Crippen LogP contribution in [0.25, 0.3) is 0 Å². The Morgan fingerprint density at radius 2 is 1.89 bits per heavy atom. The van der Waals surface area contributed by atoms with E-state index >= 15 is 0 Å². The Morgan fingerprint density at radius 3 is 2.53 bits per heavy atom. The van der Waals surface area contributed by atoms with E-state index in [0.717, 1.165) is 11.4 Å². The minimum atomic E-state index is -0.316. The molecule has 2 aromatic rings. The number of hydrogen-bond acceptors (Lipinski definition) is 6. The van der Waals surface area contributed by atoms with Crippen molar-refractivity contribution in [1.29, 1.82) is 0 Å². The monoisotopic (exact) mass is 258 g/mol. The second-order valence-electron chi connectivity index (χ2n) is 4.00. The van der Waals surface area contributed by atoms with Gasteiger partial charge in [0.1, 0.15) is 5.82 Å². The van der Waals surface area contributed by atoms with Gasteiger partial charge in [-0.15, -0.1) is 0 Å². The fourth-order valence-electron chi connectivity index (χ4n) is 1.61. The van der Waals surface area contributed by atoms with Gasteiger partial charge in [0.05, 0.1) is 0 Å². The van der Waals surface area contributed by atoms with Crippen LogP contribution >= 0.6 is 0 Å². The number of nitrogens with zero attached hydrogens (tertiary/aromatic N) is 3. The van der Waals surface area contributed by atoms with Crippen molar-refractivity contribution in [2.24, 2.45) is 5.84 Å². The van der Waals surface area contributed by atoms with Gasteiger partial charge in [-0.05, 0) is 32.0 Å². The van der Waals surface area contributed by atoms with Gasteiger partial charge >= 0.3 is 0 Å². The molecule has 0 atom stereocenters. The summed E-state index contributed by atoms with van der Waals surface area (Å²) in [6, 6.07) is 4.95. The zero-order valence-electron chi connectivity index (χ0n) is 10.6. The number of amides is 1. The van der Waals surface area contributed by atoms with Crippen molar-refractivity contribution >= 4 is 17.7 Å². The van der Waals surface area contributed by atoms with Crippen LogP contribution in [0.5, 0.6) is 0 Å². The molecule has 19 heavy (non-hydrogen) atoms. The molecule has 0 radical (unpaired) electrons. The molecule has 4 N–H and O–H groups in total. The van der Waals surface area contributed by atoms with Crippen LogP contribution in [0, 0.1) is 13.8 Å². The van der Waals surface area contributed by atoms with Gasteiger partial charge in [-0.2, -0.15) is 0 Å². The first-order valence-corrected chi connectivity index (χ1v) is 5.65. The summed E-state index contributed by atoms with van der Waals surface area (Å²) in [6.45, 7) is 3.68. The van der Waals surface area contributed by atoms with Crippen LogP contribution in [0.3, 0.4) is 0 Å². The molecular weight excluding hydrogens is 244 g/mol. The molecule has 7 heteroatoms. The van der Waals surface area contributed by atoms with E-state index in [0.29, 0.717) is 11.4 Å². The molecule has 0 spiro atoms. The highest BCUT2D eigenvalue weighted by atomic mass is 16.1. The number of nitrogens with one attached hydrogen (secondary N) is 2. The summed E-state index contributed by atoms with van der Waals surface area (Å²) >= 11 is 0. The predicted octanol–water partition coefficient (Wildman–Crippen LogP) is 1.03. The van der Waals surface area contributed by atoms with E-state index in [1.54, 1.807) is 6.07 Å². The standard InChI is InChI=1S/C12H14N6O/c1-7-5-8(2)16-12(15-7)17-11(19)9-3-4-14-10(6-9)18-13/h3-6H,13H2,1-2H3,(H,14,18)(H,15,16,17,19). The molecule has 2 rings (SSSR count). The molecule has 0 bridgehead atoms. The number of nitrogen functional groups attached to an aromatic ring is 1. The van der Waals surface area contributed by atoms with Crippen LogP contribution in [0.2, 0.25) is 0 Å². The third-order valence-electron chi connectivity index (χ3n) is 2.38. The van der Waals surface area contributed by atoms with E-state index in [2.05, 4.69) is 25.7 Å². The van der Waals surface area contributed by atoms with E-state index in [4.69, 9.17) is 5.84 Å². The molecule has 0 aliphatic rings. The number of carbonyl (C=O) groups is 1. The summed E-state index contributed by atoms with van der Waals surface area (Å²) in [7, 11) is 0. The molecule has 0 aromatic carbocycles. The Morgan fingerprint density at radius 1 is 1.21 bits per heavy atom. The molecule has 0 fully saturated rings. The molecule has 1 amide bonds. The first-order valence-electron chi connectivity index (χ1n) is 5.65. The van der Waals surface area contributed by atoms with Gasteiger partial charge in [-0.3, -0.25) is 10.1 Å². The SMILES string of the molecule is Cc1cc(C)nc(NC(=O)c2ccnc(NN)c2)n1. The van der Waals surface area contributed by atoms with E-state index in [1.165, 1.54) is 12.3 Å². The zero-order valence-corrected chi connectivity index (χ0v) is 10.6. The molecule has 0 saturated carbocycles. The van der Waals surface area contributed by atoms with Crippen molar-refractivity contribution in [2.75, 3.05) is 10.7 Å². The zero-order chi connectivity index (χ0) is 13.8. The average Bonchev–Trinajstić information content (AvgIpc) is 2.37. The van der Waals surface area contributed by atoms with Gasteiger partial charge in [0, 0.05) is 23.1 Å². The topological polar surface area (TPSA) is 106 Å². The number of hydrogen-bond donors (Lipinski definition) is 3. The lowest BCUT2D eigenvalue weighted by Crippen LogP contribution is -2.16. The smallest absolute Gasteiger partial charge is 0.258 e. The molecule has 0 aliphatic heterocycles. The summed E-state index contributed by atoms with van der Waals surface area (Å²) in [4.78, 5) is 24.2. The Balaban J connectivity index is 2.20. The van der Waals surface area contributed by atoms with Gasteiger partial charge in [0.15, 0.2) is 0 Å². The fraction of sp³-hybridized carbons (Fsp3) is 0.167. The van der Waals surface area contributed by atoms with Gasteiger partial charge in [-0.25, -0.2) is 20.8 Å². The number of rotatable bonds is 3. The number of aryl methyl sites for hydroxylation is 2. The molecule has 7 nitrogen and oxygen atoms in total. The maximum absolute atomic E-state index is 12.0. The summed E-state index contributed by atoms with van der Waals surface area (Å²) in [6.07, 6.45) is 1.49. The number of nitrogens with two attached hydrogens (primary N) is 1. The summed E-state index contributed by atoms with van der Waals surface area (Å²) in [5.41, 5.74) is 4.39. The van der Waals surface area contributed by atoms with Crippen molar-refractivity contribution in [3.8, 4) is 0 Å². The first kappa shape index (κ1) is 12.9. The minimum absolute atomic E-state index is 0.279. The van der Waals surface area contributed by atoms with E-state index in [1.807, 2.05) is 19.9 Å². The fourth-order valence-corrected chi connectivity index (χ4v) is 1.61. The Kier molecular flexibility index (Phi) is 3.67. The largest absolute Gasteiger partial charge is 0.308 e. The van der Waals surface area contributed by atoms with E-state index in [-0.39, 0.29) is 11.9 Å². The van der Waals surface area contributed by atoms with Crippen molar-refractivity contribution < 1.29 is 4.79 Å². The Labute approximate surface area is 110 Å². The summed E-state index contributed by atoms with van der Waals surface area (Å²) in [5.74, 6) is 5.62. The van der Waals surface area contributed by atoms with Crippen molar-refractivity contribution in [3.63, 3.8) is 0 Å². The predicted molar refractivity (Wildman–Crippen MR) is 71.5 cm³/mol. The van der Waals surface area contributed by atoms with E-state index < -0.39 is 0 Å². The minimum Gasteiger partial charge on any atom is -0.308 e. The van der Waals surface area contributed by atoms with Crippen LogP contribution in [0.15, 0.2) is 24.4 Å². The van der Waals surface area contributed by atoms with Crippen LogP contribution in [-0.2, 0) is 0 Å². The molecule has 0 unspecified atom stereocenters. The number of aromatic nitrogens is 3. The molecular formula is C12H14N6O. The number of carbonyl (C=O) groups excluding carboxylic acids is 1. The lowest BCUT2D eigenvalue weighted by atomic mass is 10.2. The third-order valence-corrected chi connectivity index (χ3v) is 2.38. The molecule has 0 saturated heterocycles. The molecule has 2 heterocycles. The van der Waals surface area contributed by atoms with Gasteiger partial charge in [0.2, 0.25) is 5.95 Å². The number of hydrazine groups is 1. The Bertz CT molecular complexity index is 593. The second-order valence-corrected chi connectivity index (χ2v) is 4.00. The summed E-state index contributed by atoms with van der Waals surface area (Å²) < 4.78 is 0. The normalized spacial score (nSPS) is 10.1. The number of anilines is 2. The van der Waals surface area contributed by atoms with Crippen molar-refractivity contribution in [2.45, 2.75) is 13.8 Å². The number of pyridine rings is 1. The maximum Gasteiger partial charge on any atom is 0.258 e. The van der Waals surface area contributed by atoms with Gasteiger partial charge in [-0.1, -0.05) is 0 Å². The molecule has 0 aliphatic carbocycles. The van der Waals surface area contributed by atoms with Crippen LogP contribution < -0.4 is 16.6 Å². The van der Waals surface area contributed by atoms with Gasteiger partial charge in [0.25, 0.3) is 5.91 Å². The lowest BCUT2D eigenvalue weighted by molar-refractivity contribution is 0.102. The quantitative estimate of drug-likeness (QED) is 0.560. The van der Waals surface area contributed by atoms with Crippen molar-refractivity contribution in [1.82, 2.24) is 15.0 Å². The van der Waals surface area contributed by atoms with Crippen LogP contribution in [0.1, 0.15) is 21.7 Å². The highest BCUT2D eigenvalue weighted by molar-refractivity contribution is 6.03. The molecule has 2 aromatic heterocycles. The van der Waals surface area contributed by atoms with E-state index in [9.17, 15) is 4.79 Å². The van der Waals surface area contributed by atoms with Crippen molar-refractivity contribution in [3.05, 3.63) is 41.3 Å². The Hall–Kier alpha value is -2.54. The lowest BCUT2D eigenvalue weighted by Gasteiger charge is -2.06. The average molecular weight is 258 g/mol. The van der Waals surface area contributed by atoms with Crippen LogP contribution in [-0.4, -0.2) is 20.9 Å². The van der Waals surface area contributed by atoms with Crippen LogP contribution in [0.4, 0.5) is 11.8 Å². The highest BCUT2D eigenvalue weighted by Crippen LogP contribution is 2.09. The first-order chi connectivity index (χ1) is 9.08. The highest BCUT2D eigenvalue weighted by Gasteiger charge is 2.09. The third kappa shape index (κ3) is 3.23. The second kappa shape index (κ2) is 5.40. The maximum atomic E-state index is 12.0. The molecule has 98 valence electrons. The van der Waals surface area contributed by atoms with Gasteiger partial charge < -0.3 is 5.43 Å². The summed E-state index contributed by atoms with van der Waals surface area (Å²) in [5, 5.41) is 2.63.